The number of benzene rings is 2. The van der Waals surface area contributed by atoms with Crippen molar-refractivity contribution in [1.29, 1.82) is 0 Å². The van der Waals surface area contributed by atoms with E-state index in [-0.39, 0.29) is 29.1 Å². The highest BCUT2D eigenvalue weighted by molar-refractivity contribution is 6.31. The Bertz CT molecular complexity index is 1450. The lowest BCUT2D eigenvalue weighted by Gasteiger charge is -2.40. The summed E-state index contributed by atoms with van der Waals surface area (Å²) in [5.74, 6) is -0.701. The number of fused-ring (bicyclic) bond motifs is 1. The second-order valence-electron chi connectivity index (χ2n) is 9.47. The van der Waals surface area contributed by atoms with Crippen LogP contribution in [-0.4, -0.2) is 43.1 Å². The van der Waals surface area contributed by atoms with E-state index >= 15 is 0 Å². The Kier molecular flexibility index (Phi) is 6.70. The van der Waals surface area contributed by atoms with E-state index in [2.05, 4.69) is 22.0 Å². The third kappa shape index (κ3) is 5.20. The molecule has 1 fully saturated rings. The van der Waals surface area contributed by atoms with Gasteiger partial charge in [0.2, 0.25) is 0 Å². The fourth-order valence-electron chi connectivity index (χ4n) is 4.95. The van der Waals surface area contributed by atoms with Crippen LogP contribution < -0.4 is 0 Å². The number of carbonyl (C=O) groups excluding carboxylic acids is 1. The van der Waals surface area contributed by atoms with E-state index in [0.29, 0.717) is 41.4 Å². The molecule has 1 aliphatic heterocycles. The lowest BCUT2D eigenvalue weighted by Crippen LogP contribution is -2.48. The van der Waals surface area contributed by atoms with Gasteiger partial charge in [-0.1, -0.05) is 30.2 Å². The number of aromatic nitrogens is 4. The van der Waals surface area contributed by atoms with Crippen LogP contribution in [0.15, 0.2) is 47.1 Å². The maximum absolute atomic E-state index is 13.9. The zero-order valence-electron chi connectivity index (χ0n) is 20.3. The van der Waals surface area contributed by atoms with Crippen LogP contribution in [-0.2, 0) is 12.6 Å². The molecule has 0 N–H and O–H groups in total. The smallest absolute Gasteiger partial charge is 0.441 e. The first-order valence-corrected chi connectivity index (χ1v) is 12.4. The normalized spacial score (nSPS) is 18.5. The molecule has 5 rings (SSSR count). The average molecular weight is 532 g/mol. The maximum atomic E-state index is 13.9. The Morgan fingerprint density at radius 2 is 2.03 bits per heavy atom. The second kappa shape index (κ2) is 9.81. The number of halogens is 4. The molecule has 3 heterocycles. The van der Waals surface area contributed by atoms with Crippen molar-refractivity contribution >= 4 is 28.6 Å². The molecule has 2 aromatic carbocycles. The molecule has 0 bridgehead atoms. The minimum absolute atomic E-state index is 0.0882. The number of aryl methyl sites for hydroxylation is 2. The fraction of sp³-hybridized carbons (Fsp3) is 0.385. The summed E-state index contributed by atoms with van der Waals surface area (Å²) in [4.78, 5) is 23.6. The molecule has 1 saturated heterocycles. The number of hydrogen-bond donors (Lipinski definition) is 0. The number of hydrogen-bond acceptors (Lipinski definition) is 5. The molecule has 1 aliphatic rings. The molecule has 1 amide bonds. The molecule has 0 radical (unpaired) electrons. The molecule has 2 atom stereocenters. The number of rotatable bonds is 5. The first kappa shape index (κ1) is 25.3. The lowest BCUT2D eigenvalue weighted by atomic mass is 9.87. The van der Waals surface area contributed by atoms with Gasteiger partial charge in [-0.3, -0.25) is 4.79 Å². The molecule has 2 aromatic heterocycles. The van der Waals surface area contributed by atoms with Gasteiger partial charge in [0.05, 0.1) is 11.3 Å². The summed E-state index contributed by atoms with van der Waals surface area (Å²) in [7, 11) is 0. The quantitative estimate of drug-likeness (QED) is 0.304. The standard InChI is InChI=1S/C26H25ClF3N5O2/c1-15-5-7-21(35-14-31-25(33-35)26(28,29)30)18(12-15)24(36)34-11-3-4-16(2)20(34)8-10-23-32-19-13-17(27)6-9-22(19)37-23/h5-7,9,12-14,16,20H,3-4,8,10-11H2,1-2H3/t16-,20-/m1/s1. The molecule has 194 valence electrons. The molecule has 0 aliphatic carbocycles. The van der Waals surface area contributed by atoms with E-state index < -0.39 is 12.0 Å². The summed E-state index contributed by atoms with van der Waals surface area (Å²) < 4.78 is 46.2. The topological polar surface area (TPSA) is 77.1 Å². The lowest BCUT2D eigenvalue weighted by molar-refractivity contribution is -0.144. The SMILES string of the molecule is Cc1ccc(-n2cnc(C(F)(F)F)n2)c(C(=O)N2CCC[C@@H](C)[C@H]2CCc2nc3cc(Cl)ccc3o2)c1. The molecular weight excluding hydrogens is 507 g/mol. The second-order valence-corrected chi connectivity index (χ2v) is 9.91. The third-order valence-electron chi connectivity index (χ3n) is 6.80. The molecule has 0 unspecified atom stereocenters. The van der Waals surface area contributed by atoms with Crippen molar-refractivity contribution in [3.63, 3.8) is 0 Å². The minimum atomic E-state index is -4.68. The Hall–Kier alpha value is -3.40. The summed E-state index contributed by atoms with van der Waals surface area (Å²) >= 11 is 6.06. The van der Waals surface area contributed by atoms with Gasteiger partial charge in [0.1, 0.15) is 11.8 Å². The Morgan fingerprint density at radius 3 is 2.78 bits per heavy atom. The highest BCUT2D eigenvalue weighted by Crippen LogP contribution is 2.31. The molecule has 4 aromatic rings. The first-order chi connectivity index (χ1) is 17.6. The van der Waals surface area contributed by atoms with Crippen LogP contribution in [0.1, 0.15) is 53.8 Å². The number of amides is 1. The summed E-state index contributed by atoms with van der Waals surface area (Å²) in [5.41, 5.74) is 2.69. The Morgan fingerprint density at radius 1 is 1.22 bits per heavy atom. The zero-order chi connectivity index (χ0) is 26.3. The van der Waals surface area contributed by atoms with Gasteiger partial charge in [-0.15, -0.1) is 5.10 Å². The highest BCUT2D eigenvalue weighted by atomic mass is 35.5. The van der Waals surface area contributed by atoms with Crippen molar-refractivity contribution in [2.75, 3.05) is 6.54 Å². The number of nitrogens with zero attached hydrogens (tertiary/aromatic N) is 5. The van der Waals surface area contributed by atoms with Crippen molar-refractivity contribution < 1.29 is 22.4 Å². The number of carbonyl (C=O) groups is 1. The van der Waals surface area contributed by atoms with E-state index in [1.165, 1.54) is 0 Å². The summed E-state index contributed by atoms with van der Waals surface area (Å²) in [6.07, 6.45) is -0.715. The highest BCUT2D eigenvalue weighted by Gasteiger charge is 2.37. The van der Waals surface area contributed by atoms with Gasteiger partial charge in [0.25, 0.3) is 11.7 Å². The van der Waals surface area contributed by atoms with Gasteiger partial charge in [0, 0.05) is 24.0 Å². The largest absolute Gasteiger partial charge is 0.453 e. The Balaban J connectivity index is 1.42. The monoisotopic (exact) mass is 531 g/mol. The van der Waals surface area contributed by atoms with Crippen LogP contribution in [0.4, 0.5) is 13.2 Å². The van der Waals surface area contributed by atoms with Crippen LogP contribution in [0.2, 0.25) is 5.02 Å². The van der Waals surface area contributed by atoms with Gasteiger partial charge in [-0.05, 0) is 62.4 Å². The summed E-state index contributed by atoms with van der Waals surface area (Å²) in [6.45, 7) is 4.49. The van der Waals surface area contributed by atoms with Gasteiger partial charge in [-0.2, -0.15) is 13.2 Å². The van der Waals surface area contributed by atoms with Gasteiger partial charge in [0.15, 0.2) is 11.5 Å². The van der Waals surface area contributed by atoms with Crippen LogP contribution in [0.5, 0.6) is 0 Å². The van der Waals surface area contributed by atoms with Crippen LogP contribution in [0.25, 0.3) is 16.8 Å². The fourth-order valence-corrected chi connectivity index (χ4v) is 5.12. The minimum Gasteiger partial charge on any atom is -0.441 e. The Labute approximate surface area is 216 Å². The number of likely N-dealkylation sites (tertiary alicyclic amines) is 1. The number of piperidine rings is 1. The van der Waals surface area contributed by atoms with Crippen LogP contribution in [0, 0.1) is 12.8 Å². The van der Waals surface area contributed by atoms with Crippen molar-refractivity contribution in [2.24, 2.45) is 5.92 Å². The predicted molar refractivity (Wildman–Crippen MR) is 132 cm³/mol. The summed E-state index contributed by atoms with van der Waals surface area (Å²) in [5, 5.41) is 4.16. The third-order valence-corrected chi connectivity index (χ3v) is 7.03. The van der Waals surface area contributed by atoms with Gasteiger partial charge >= 0.3 is 6.18 Å². The van der Waals surface area contributed by atoms with E-state index in [4.69, 9.17) is 16.0 Å². The molecule has 0 spiro atoms. The van der Waals surface area contributed by atoms with Crippen LogP contribution in [0.3, 0.4) is 0 Å². The van der Waals surface area contributed by atoms with Crippen molar-refractivity contribution in [2.45, 2.75) is 51.7 Å². The van der Waals surface area contributed by atoms with Crippen molar-refractivity contribution in [3.8, 4) is 5.69 Å². The number of oxazole rings is 1. The van der Waals surface area contributed by atoms with Gasteiger partial charge in [-0.25, -0.2) is 14.6 Å². The van der Waals surface area contributed by atoms with Crippen LogP contribution >= 0.6 is 11.6 Å². The number of alkyl halides is 3. The van der Waals surface area contributed by atoms with Gasteiger partial charge < -0.3 is 9.32 Å². The van der Waals surface area contributed by atoms with E-state index in [9.17, 15) is 18.0 Å². The van der Waals surface area contributed by atoms with E-state index in [0.717, 1.165) is 29.4 Å². The molecule has 7 nitrogen and oxygen atoms in total. The average Bonchev–Trinajstić information content (AvgIpc) is 3.49. The zero-order valence-corrected chi connectivity index (χ0v) is 21.1. The summed E-state index contributed by atoms with van der Waals surface area (Å²) in [6, 6.07) is 10.2. The first-order valence-electron chi connectivity index (χ1n) is 12.1. The van der Waals surface area contributed by atoms with Crippen molar-refractivity contribution in [3.05, 3.63) is 70.6 Å². The predicted octanol–water partition coefficient (Wildman–Crippen LogP) is 6.26. The molecule has 11 heteroatoms. The van der Waals surface area contributed by atoms with Crippen molar-refractivity contribution in [1.82, 2.24) is 24.6 Å². The molecular formula is C26H25ClF3N5O2. The van der Waals surface area contributed by atoms with E-state index in [1.54, 1.807) is 36.4 Å². The molecule has 0 saturated carbocycles. The molecule has 37 heavy (non-hydrogen) atoms. The maximum Gasteiger partial charge on any atom is 0.453 e. The van der Waals surface area contributed by atoms with E-state index in [1.807, 2.05) is 11.8 Å².